The van der Waals surface area contributed by atoms with Gasteiger partial charge in [0, 0.05) is 37.5 Å². The van der Waals surface area contributed by atoms with E-state index in [2.05, 4.69) is 10.2 Å². The molecule has 1 aromatic heterocycles. The smallest absolute Gasteiger partial charge is 0.228 e. The van der Waals surface area contributed by atoms with Crippen LogP contribution >= 0.6 is 0 Å². The summed E-state index contributed by atoms with van der Waals surface area (Å²) in [5.74, 6) is 0.773. The summed E-state index contributed by atoms with van der Waals surface area (Å²) in [6.07, 6.45) is 4.86. The van der Waals surface area contributed by atoms with Crippen molar-refractivity contribution >= 4 is 5.91 Å². The summed E-state index contributed by atoms with van der Waals surface area (Å²) in [7, 11) is 0. The molecule has 3 heterocycles. The molecule has 3 rings (SSSR count). The fourth-order valence-electron chi connectivity index (χ4n) is 2.91. The standard InChI is InChI=1S/C13H19N3O2/c17-13(11-4-7-18-9-11)16-6-1-2-10(8-16)12-3-5-14-15-12/h3,5,10-11H,1-2,4,6-9H2,(H,14,15)/t10-,11+/m1/s1. The number of H-pyrrole nitrogens is 1. The third-order valence-electron chi connectivity index (χ3n) is 3.97. The van der Waals surface area contributed by atoms with Gasteiger partial charge in [0.25, 0.3) is 0 Å². The van der Waals surface area contributed by atoms with Crippen LogP contribution < -0.4 is 0 Å². The van der Waals surface area contributed by atoms with Gasteiger partial charge in [-0.25, -0.2) is 0 Å². The van der Waals surface area contributed by atoms with E-state index in [1.807, 2.05) is 11.0 Å². The minimum absolute atomic E-state index is 0.0884. The first-order valence-electron chi connectivity index (χ1n) is 6.70. The molecule has 2 fully saturated rings. The Morgan fingerprint density at radius 1 is 1.50 bits per heavy atom. The Hall–Kier alpha value is -1.36. The van der Waals surface area contributed by atoms with Crippen molar-refractivity contribution in [3.05, 3.63) is 18.0 Å². The largest absolute Gasteiger partial charge is 0.381 e. The number of amides is 1. The lowest BCUT2D eigenvalue weighted by Gasteiger charge is -2.33. The van der Waals surface area contributed by atoms with Gasteiger partial charge in [0.1, 0.15) is 0 Å². The molecule has 0 unspecified atom stereocenters. The molecule has 1 amide bonds. The molecule has 0 aliphatic carbocycles. The molecule has 1 N–H and O–H groups in total. The molecule has 1 aromatic rings. The van der Waals surface area contributed by atoms with E-state index >= 15 is 0 Å². The van der Waals surface area contributed by atoms with Crippen molar-refractivity contribution in [3.8, 4) is 0 Å². The minimum Gasteiger partial charge on any atom is -0.381 e. The van der Waals surface area contributed by atoms with E-state index in [4.69, 9.17) is 4.74 Å². The summed E-state index contributed by atoms with van der Waals surface area (Å²) in [4.78, 5) is 14.3. The number of hydrogen-bond acceptors (Lipinski definition) is 3. The zero-order chi connectivity index (χ0) is 12.4. The summed E-state index contributed by atoms with van der Waals surface area (Å²) >= 11 is 0. The third-order valence-corrected chi connectivity index (χ3v) is 3.97. The van der Waals surface area contributed by atoms with Crippen LogP contribution in [0.4, 0.5) is 0 Å². The number of likely N-dealkylation sites (tertiary alicyclic amines) is 1. The van der Waals surface area contributed by atoms with Crippen molar-refractivity contribution in [2.45, 2.75) is 25.2 Å². The van der Waals surface area contributed by atoms with Crippen molar-refractivity contribution in [2.24, 2.45) is 5.92 Å². The second-order valence-corrected chi connectivity index (χ2v) is 5.20. The molecule has 98 valence electrons. The van der Waals surface area contributed by atoms with E-state index in [9.17, 15) is 4.79 Å². The molecule has 2 aliphatic heterocycles. The molecule has 0 bridgehead atoms. The molecule has 18 heavy (non-hydrogen) atoms. The van der Waals surface area contributed by atoms with Crippen molar-refractivity contribution in [2.75, 3.05) is 26.3 Å². The highest BCUT2D eigenvalue weighted by molar-refractivity contribution is 5.79. The Balaban J connectivity index is 1.64. The first kappa shape index (κ1) is 11.7. The van der Waals surface area contributed by atoms with Gasteiger partial charge in [-0.15, -0.1) is 0 Å². The Morgan fingerprint density at radius 3 is 3.17 bits per heavy atom. The van der Waals surface area contributed by atoms with Gasteiger partial charge in [0.15, 0.2) is 0 Å². The van der Waals surface area contributed by atoms with Crippen LogP contribution in [0.3, 0.4) is 0 Å². The predicted molar refractivity (Wildman–Crippen MR) is 66.1 cm³/mol. The molecule has 0 radical (unpaired) electrons. The second kappa shape index (κ2) is 5.10. The zero-order valence-corrected chi connectivity index (χ0v) is 10.5. The molecule has 5 heteroatoms. The molecular formula is C13H19N3O2. The number of nitrogens with one attached hydrogen (secondary N) is 1. The van der Waals surface area contributed by atoms with Crippen LogP contribution in [0.2, 0.25) is 0 Å². The maximum atomic E-state index is 12.3. The number of ether oxygens (including phenoxy) is 1. The van der Waals surface area contributed by atoms with Crippen LogP contribution in [0, 0.1) is 5.92 Å². The van der Waals surface area contributed by atoms with Gasteiger partial charge in [-0.1, -0.05) is 0 Å². The quantitative estimate of drug-likeness (QED) is 0.855. The molecule has 2 aliphatic rings. The third kappa shape index (κ3) is 2.27. The lowest BCUT2D eigenvalue weighted by molar-refractivity contribution is -0.136. The molecule has 0 aromatic carbocycles. The Labute approximate surface area is 107 Å². The predicted octanol–water partition coefficient (Wildman–Crippen LogP) is 1.15. The average Bonchev–Trinajstić information content (AvgIpc) is 3.11. The number of piperidine rings is 1. The van der Waals surface area contributed by atoms with E-state index in [0.29, 0.717) is 12.5 Å². The highest BCUT2D eigenvalue weighted by Gasteiger charge is 2.31. The van der Waals surface area contributed by atoms with Crippen molar-refractivity contribution in [1.82, 2.24) is 15.1 Å². The average molecular weight is 249 g/mol. The Bertz CT molecular complexity index is 398. The van der Waals surface area contributed by atoms with Crippen LogP contribution in [0.15, 0.2) is 12.3 Å². The first-order chi connectivity index (χ1) is 8.84. The maximum absolute atomic E-state index is 12.3. The summed E-state index contributed by atoms with van der Waals surface area (Å²) < 4.78 is 5.30. The molecule has 2 saturated heterocycles. The van der Waals surface area contributed by atoms with Gasteiger partial charge < -0.3 is 9.64 Å². The van der Waals surface area contributed by atoms with Crippen LogP contribution in [-0.2, 0) is 9.53 Å². The van der Waals surface area contributed by atoms with E-state index < -0.39 is 0 Å². The van der Waals surface area contributed by atoms with Crippen LogP contribution in [0.1, 0.15) is 30.9 Å². The Kier molecular flexibility index (Phi) is 3.32. The van der Waals surface area contributed by atoms with Gasteiger partial charge in [-0.3, -0.25) is 9.89 Å². The van der Waals surface area contributed by atoms with E-state index in [1.54, 1.807) is 6.20 Å². The molecule has 0 saturated carbocycles. The van der Waals surface area contributed by atoms with Crippen LogP contribution in [-0.4, -0.2) is 47.3 Å². The number of hydrogen-bond donors (Lipinski definition) is 1. The van der Waals surface area contributed by atoms with E-state index in [1.165, 1.54) is 0 Å². The van der Waals surface area contributed by atoms with Crippen molar-refractivity contribution in [1.29, 1.82) is 0 Å². The highest BCUT2D eigenvalue weighted by atomic mass is 16.5. The van der Waals surface area contributed by atoms with Gasteiger partial charge in [0.05, 0.1) is 12.5 Å². The fourth-order valence-corrected chi connectivity index (χ4v) is 2.91. The summed E-state index contributed by atoms with van der Waals surface area (Å²) in [6, 6.07) is 2.01. The molecule has 5 nitrogen and oxygen atoms in total. The molecular weight excluding hydrogens is 230 g/mol. The van der Waals surface area contributed by atoms with Crippen molar-refractivity contribution in [3.63, 3.8) is 0 Å². The van der Waals surface area contributed by atoms with Crippen molar-refractivity contribution < 1.29 is 9.53 Å². The SMILES string of the molecule is O=C([C@H]1CCOC1)N1CCC[C@@H](c2ccn[nH]2)C1. The normalized spacial score (nSPS) is 28.6. The summed E-state index contributed by atoms with van der Waals surface area (Å²) in [5.41, 5.74) is 1.15. The number of aromatic amines is 1. The topological polar surface area (TPSA) is 58.2 Å². The highest BCUT2D eigenvalue weighted by Crippen LogP contribution is 2.27. The summed E-state index contributed by atoms with van der Waals surface area (Å²) in [6.45, 7) is 3.04. The lowest BCUT2D eigenvalue weighted by Crippen LogP contribution is -2.42. The zero-order valence-electron chi connectivity index (χ0n) is 10.5. The summed E-state index contributed by atoms with van der Waals surface area (Å²) in [5, 5.41) is 7.02. The molecule has 0 spiro atoms. The van der Waals surface area contributed by atoms with Gasteiger partial charge in [0.2, 0.25) is 5.91 Å². The lowest BCUT2D eigenvalue weighted by atomic mass is 9.93. The number of carbonyl (C=O) groups excluding carboxylic acids is 1. The Morgan fingerprint density at radius 2 is 2.44 bits per heavy atom. The monoisotopic (exact) mass is 249 g/mol. The van der Waals surface area contributed by atoms with E-state index in [0.717, 1.165) is 44.7 Å². The number of rotatable bonds is 2. The van der Waals surface area contributed by atoms with Crippen LogP contribution in [0.5, 0.6) is 0 Å². The number of nitrogens with zero attached hydrogens (tertiary/aromatic N) is 2. The molecule has 2 atom stereocenters. The second-order valence-electron chi connectivity index (χ2n) is 5.20. The van der Waals surface area contributed by atoms with Gasteiger partial charge >= 0.3 is 0 Å². The van der Waals surface area contributed by atoms with E-state index in [-0.39, 0.29) is 11.8 Å². The minimum atomic E-state index is 0.0884. The number of carbonyl (C=O) groups is 1. The first-order valence-corrected chi connectivity index (χ1v) is 6.70. The number of aromatic nitrogens is 2. The fraction of sp³-hybridized carbons (Fsp3) is 0.692. The van der Waals surface area contributed by atoms with Gasteiger partial charge in [-0.2, -0.15) is 5.10 Å². The van der Waals surface area contributed by atoms with Crippen LogP contribution in [0.25, 0.3) is 0 Å². The van der Waals surface area contributed by atoms with Gasteiger partial charge in [-0.05, 0) is 25.3 Å². The maximum Gasteiger partial charge on any atom is 0.228 e.